The van der Waals surface area contributed by atoms with Gasteiger partial charge in [0.1, 0.15) is 0 Å². The largest absolute Gasteiger partial charge is 0.338 e. The molecule has 1 aromatic carbocycles. The summed E-state index contributed by atoms with van der Waals surface area (Å²) in [6.45, 7) is 9.66. The van der Waals surface area contributed by atoms with Crippen molar-refractivity contribution in [3.05, 3.63) is 41.1 Å². The van der Waals surface area contributed by atoms with E-state index in [1.54, 1.807) is 0 Å². The molecule has 1 fully saturated rings. The van der Waals surface area contributed by atoms with Crippen LogP contribution in [0.4, 0.5) is 0 Å². The van der Waals surface area contributed by atoms with Gasteiger partial charge in [-0.25, -0.2) is 0 Å². The quantitative estimate of drug-likeness (QED) is 0.874. The number of hydrogen-bond acceptors (Lipinski definition) is 3. The molecule has 0 bridgehead atoms. The molecule has 2 atom stereocenters. The number of para-hydroxylation sites is 1. The summed E-state index contributed by atoms with van der Waals surface area (Å²) >= 11 is 0. The highest BCUT2D eigenvalue weighted by atomic mass is 16.2. The van der Waals surface area contributed by atoms with Crippen molar-refractivity contribution in [1.29, 1.82) is 0 Å². The summed E-state index contributed by atoms with van der Waals surface area (Å²) in [7, 11) is 1.99. The lowest BCUT2D eigenvalue weighted by Crippen LogP contribution is -2.34. The van der Waals surface area contributed by atoms with Crippen LogP contribution in [0.2, 0.25) is 0 Å². The van der Waals surface area contributed by atoms with Crippen molar-refractivity contribution in [2.45, 2.75) is 46.5 Å². The molecular weight excluding hydrogens is 346 g/mol. The van der Waals surface area contributed by atoms with Gasteiger partial charge in [-0.2, -0.15) is 0 Å². The lowest BCUT2D eigenvalue weighted by atomic mass is 9.70. The molecule has 150 valence electrons. The van der Waals surface area contributed by atoms with Gasteiger partial charge < -0.3 is 10.2 Å². The van der Waals surface area contributed by atoms with Crippen LogP contribution in [-0.4, -0.2) is 42.5 Å². The third kappa shape index (κ3) is 3.55. The van der Waals surface area contributed by atoms with Gasteiger partial charge >= 0.3 is 0 Å². The topological polar surface area (TPSA) is 45.2 Å². The Bertz CT molecular complexity index is 883. The maximum absolute atomic E-state index is 13.7. The van der Waals surface area contributed by atoms with E-state index in [1.807, 2.05) is 19.2 Å². The number of aromatic nitrogens is 1. The molecule has 4 heteroatoms. The number of benzene rings is 1. The van der Waals surface area contributed by atoms with Crippen molar-refractivity contribution in [3.63, 3.8) is 0 Å². The Hall–Kier alpha value is -1.94. The zero-order chi connectivity index (χ0) is 19.9. The predicted octanol–water partition coefficient (Wildman–Crippen LogP) is 4.07. The zero-order valence-corrected chi connectivity index (χ0v) is 17.7. The molecule has 4 rings (SSSR count). The first-order valence-corrected chi connectivity index (χ1v) is 10.7. The fourth-order valence-electron chi connectivity index (χ4n) is 5.00. The third-order valence-corrected chi connectivity index (χ3v) is 6.76. The van der Waals surface area contributed by atoms with Crippen molar-refractivity contribution >= 4 is 16.8 Å². The van der Waals surface area contributed by atoms with E-state index in [9.17, 15) is 4.79 Å². The van der Waals surface area contributed by atoms with Gasteiger partial charge in [-0.3, -0.25) is 9.78 Å². The SMILES string of the molecule is CNCC1CCN(C(=O)c2c3c(nc4ccccc24)CCC(C(C)(C)C)C3)C1. The summed E-state index contributed by atoms with van der Waals surface area (Å²) in [5, 5.41) is 4.29. The zero-order valence-electron chi connectivity index (χ0n) is 17.7. The average molecular weight is 380 g/mol. The Kier molecular flexibility index (Phi) is 5.17. The van der Waals surface area contributed by atoms with Crippen LogP contribution in [0.25, 0.3) is 10.9 Å². The summed E-state index contributed by atoms with van der Waals surface area (Å²) < 4.78 is 0. The molecule has 0 saturated carbocycles. The van der Waals surface area contributed by atoms with Crippen LogP contribution in [0.3, 0.4) is 0 Å². The Labute approximate surface area is 168 Å². The van der Waals surface area contributed by atoms with Crippen molar-refractivity contribution < 1.29 is 4.79 Å². The highest BCUT2D eigenvalue weighted by molar-refractivity contribution is 6.07. The molecular formula is C24H33N3O. The first kappa shape index (κ1) is 19.4. The number of aryl methyl sites for hydroxylation is 1. The van der Waals surface area contributed by atoms with Crippen LogP contribution in [0.15, 0.2) is 24.3 Å². The molecule has 1 aliphatic heterocycles. The van der Waals surface area contributed by atoms with Crippen LogP contribution < -0.4 is 5.32 Å². The van der Waals surface area contributed by atoms with E-state index in [1.165, 1.54) is 5.56 Å². The number of amides is 1. The van der Waals surface area contributed by atoms with E-state index in [2.05, 4.69) is 43.1 Å². The standard InChI is InChI=1S/C24H33N3O/c1-24(2,3)17-9-10-21-19(13-17)22(18-7-5-6-8-20(18)26-21)23(28)27-12-11-16(15-27)14-25-4/h5-8,16-17,25H,9-15H2,1-4H3. The van der Waals surface area contributed by atoms with Crippen LogP contribution >= 0.6 is 0 Å². The van der Waals surface area contributed by atoms with E-state index < -0.39 is 0 Å². The summed E-state index contributed by atoms with van der Waals surface area (Å²) in [6.07, 6.45) is 4.18. The van der Waals surface area contributed by atoms with Crippen molar-refractivity contribution in [2.75, 3.05) is 26.7 Å². The maximum atomic E-state index is 13.7. The predicted molar refractivity (Wildman–Crippen MR) is 115 cm³/mol. The molecule has 2 aromatic rings. The minimum Gasteiger partial charge on any atom is -0.338 e. The molecule has 2 heterocycles. The van der Waals surface area contributed by atoms with E-state index in [4.69, 9.17) is 4.98 Å². The lowest BCUT2D eigenvalue weighted by Gasteiger charge is -2.36. The minimum atomic E-state index is 0.211. The normalized spacial score (nSPS) is 22.5. The molecule has 1 saturated heterocycles. The molecule has 1 amide bonds. The molecule has 2 aliphatic rings. The van der Waals surface area contributed by atoms with Gasteiger partial charge in [0.15, 0.2) is 0 Å². The fraction of sp³-hybridized carbons (Fsp3) is 0.583. The number of likely N-dealkylation sites (tertiary alicyclic amines) is 1. The summed E-state index contributed by atoms with van der Waals surface area (Å²) in [4.78, 5) is 20.8. The van der Waals surface area contributed by atoms with E-state index >= 15 is 0 Å². The molecule has 0 radical (unpaired) electrons. The van der Waals surface area contributed by atoms with Gasteiger partial charge in [0, 0.05) is 24.2 Å². The molecule has 0 spiro atoms. The number of carbonyl (C=O) groups is 1. The number of hydrogen-bond donors (Lipinski definition) is 1. The highest BCUT2D eigenvalue weighted by Gasteiger charge is 2.35. The first-order valence-electron chi connectivity index (χ1n) is 10.7. The first-order chi connectivity index (χ1) is 13.4. The minimum absolute atomic E-state index is 0.211. The summed E-state index contributed by atoms with van der Waals surface area (Å²) in [5.74, 6) is 1.35. The Morgan fingerprint density at radius 2 is 2.04 bits per heavy atom. The molecule has 4 nitrogen and oxygen atoms in total. The van der Waals surface area contributed by atoms with Gasteiger partial charge in [-0.15, -0.1) is 0 Å². The fourth-order valence-corrected chi connectivity index (χ4v) is 5.00. The van der Waals surface area contributed by atoms with Crippen molar-refractivity contribution in [3.8, 4) is 0 Å². The summed E-state index contributed by atoms with van der Waals surface area (Å²) in [6, 6.07) is 8.19. The molecule has 1 N–H and O–H groups in total. The van der Waals surface area contributed by atoms with E-state index in [0.717, 1.165) is 67.5 Å². The molecule has 1 aromatic heterocycles. The van der Waals surface area contributed by atoms with Gasteiger partial charge in [-0.05, 0) is 68.2 Å². The second-order valence-electron chi connectivity index (χ2n) is 9.70. The lowest BCUT2D eigenvalue weighted by molar-refractivity contribution is 0.0786. The second-order valence-corrected chi connectivity index (χ2v) is 9.70. The van der Waals surface area contributed by atoms with Crippen LogP contribution in [0.5, 0.6) is 0 Å². The number of nitrogens with one attached hydrogen (secondary N) is 1. The Balaban J connectivity index is 1.77. The monoisotopic (exact) mass is 379 g/mol. The van der Waals surface area contributed by atoms with Crippen LogP contribution in [-0.2, 0) is 12.8 Å². The summed E-state index contributed by atoms with van der Waals surface area (Å²) in [5.41, 5.74) is 4.50. The van der Waals surface area contributed by atoms with Gasteiger partial charge in [-0.1, -0.05) is 39.0 Å². The maximum Gasteiger partial charge on any atom is 0.254 e. The van der Waals surface area contributed by atoms with Gasteiger partial charge in [0.05, 0.1) is 11.1 Å². The van der Waals surface area contributed by atoms with Gasteiger partial charge in [0.25, 0.3) is 5.91 Å². The van der Waals surface area contributed by atoms with Crippen molar-refractivity contribution in [1.82, 2.24) is 15.2 Å². The second kappa shape index (κ2) is 7.47. The third-order valence-electron chi connectivity index (χ3n) is 6.76. The van der Waals surface area contributed by atoms with Gasteiger partial charge in [0.2, 0.25) is 0 Å². The Morgan fingerprint density at radius 1 is 1.25 bits per heavy atom. The highest BCUT2D eigenvalue weighted by Crippen LogP contribution is 2.40. The van der Waals surface area contributed by atoms with E-state index in [0.29, 0.717) is 11.8 Å². The van der Waals surface area contributed by atoms with Crippen LogP contribution in [0, 0.1) is 17.3 Å². The van der Waals surface area contributed by atoms with Crippen LogP contribution in [0.1, 0.15) is 55.2 Å². The number of rotatable bonds is 3. The number of pyridine rings is 1. The Morgan fingerprint density at radius 3 is 2.79 bits per heavy atom. The number of carbonyl (C=O) groups excluding carboxylic acids is 1. The smallest absolute Gasteiger partial charge is 0.254 e. The number of nitrogens with zero attached hydrogens (tertiary/aromatic N) is 2. The average Bonchev–Trinajstić information content (AvgIpc) is 3.13. The van der Waals surface area contributed by atoms with Crippen molar-refractivity contribution in [2.24, 2.45) is 17.3 Å². The molecule has 1 aliphatic carbocycles. The molecule has 28 heavy (non-hydrogen) atoms. The molecule has 2 unspecified atom stereocenters. The number of fused-ring (bicyclic) bond motifs is 2. The van der Waals surface area contributed by atoms with E-state index in [-0.39, 0.29) is 11.3 Å².